The molecule has 0 aliphatic carbocycles. The molecule has 0 saturated heterocycles. The van der Waals surface area contributed by atoms with E-state index in [1.807, 2.05) is 18.2 Å². The highest BCUT2D eigenvalue weighted by atomic mass is 32.2. The number of thioether (sulfide) groups is 1. The summed E-state index contributed by atoms with van der Waals surface area (Å²) in [7, 11) is 0. The molecule has 33 heavy (non-hydrogen) atoms. The Morgan fingerprint density at radius 2 is 1.64 bits per heavy atom. The topological polar surface area (TPSA) is 127 Å². The first-order valence-corrected chi connectivity index (χ1v) is 11.4. The molecule has 1 heterocycles. The smallest absolute Gasteiger partial charge is 0.173 e. The molecule has 0 atom stereocenters. The number of aromatic nitrogens is 1. The van der Waals surface area contributed by atoms with Crippen molar-refractivity contribution in [1.29, 1.82) is 10.5 Å². The van der Waals surface area contributed by atoms with E-state index in [1.54, 1.807) is 24.3 Å². The largest absolute Gasteiger partial charge is 0.508 e. The van der Waals surface area contributed by atoms with E-state index in [1.165, 1.54) is 12.1 Å². The first-order valence-electron chi connectivity index (χ1n) is 10.4. The predicted molar refractivity (Wildman–Crippen MR) is 130 cm³/mol. The van der Waals surface area contributed by atoms with Crippen LogP contribution >= 0.6 is 11.8 Å². The van der Waals surface area contributed by atoms with E-state index in [0.29, 0.717) is 16.7 Å². The summed E-state index contributed by atoms with van der Waals surface area (Å²) in [4.78, 5) is 19.2. The number of ketones is 1. The molecular formula is C25H23N5O2S. The van der Waals surface area contributed by atoms with Crippen molar-refractivity contribution in [3.8, 4) is 29.0 Å². The molecule has 3 rings (SSSR count). The third-order valence-electron chi connectivity index (χ3n) is 5.23. The van der Waals surface area contributed by atoms with E-state index in [-0.39, 0.29) is 39.3 Å². The number of carbonyl (C=O) groups is 1. The molecule has 0 unspecified atom stereocenters. The van der Waals surface area contributed by atoms with Crippen molar-refractivity contribution in [2.45, 2.75) is 18.9 Å². The maximum absolute atomic E-state index is 12.8. The monoisotopic (exact) mass is 457 g/mol. The number of anilines is 2. The Morgan fingerprint density at radius 1 is 1.03 bits per heavy atom. The minimum Gasteiger partial charge on any atom is -0.508 e. The fraction of sp³-hybridized carbons (Fsp3) is 0.200. The van der Waals surface area contributed by atoms with Crippen LogP contribution in [0.25, 0.3) is 11.1 Å². The van der Waals surface area contributed by atoms with Gasteiger partial charge in [-0.15, -0.1) is 0 Å². The van der Waals surface area contributed by atoms with Gasteiger partial charge in [-0.2, -0.15) is 10.5 Å². The number of Topliss-reactive ketones (excluding diaryl/α,β-unsaturated/α-hetero) is 1. The van der Waals surface area contributed by atoms with Gasteiger partial charge in [-0.25, -0.2) is 4.98 Å². The van der Waals surface area contributed by atoms with Crippen molar-refractivity contribution < 1.29 is 9.90 Å². The predicted octanol–water partition coefficient (Wildman–Crippen LogP) is 4.60. The molecule has 166 valence electrons. The van der Waals surface area contributed by atoms with Crippen LogP contribution in [0.4, 0.5) is 11.5 Å². The van der Waals surface area contributed by atoms with Crippen molar-refractivity contribution >= 4 is 29.1 Å². The molecule has 2 aromatic carbocycles. The number of nitrogens with zero attached hydrogens (tertiary/aromatic N) is 4. The summed E-state index contributed by atoms with van der Waals surface area (Å²) < 4.78 is 0. The number of aromatic hydroxyl groups is 1. The van der Waals surface area contributed by atoms with E-state index >= 15 is 0 Å². The summed E-state index contributed by atoms with van der Waals surface area (Å²) in [6, 6.07) is 17.7. The molecule has 7 nitrogen and oxygen atoms in total. The lowest BCUT2D eigenvalue weighted by Gasteiger charge is -2.21. The number of benzene rings is 2. The molecule has 1 aromatic heterocycles. The van der Waals surface area contributed by atoms with Crippen LogP contribution in [0.1, 0.15) is 35.3 Å². The van der Waals surface area contributed by atoms with E-state index in [0.717, 1.165) is 30.5 Å². The van der Waals surface area contributed by atoms with E-state index in [2.05, 4.69) is 29.8 Å². The molecule has 0 aliphatic rings. The highest BCUT2D eigenvalue weighted by molar-refractivity contribution is 8.00. The number of nitriles is 2. The molecule has 3 aromatic rings. The number of hydrogen-bond acceptors (Lipinski definition) is 8. The van der Waals surface area contributed by atoms with Gasteiger partial charge in [0, 0.05) is 29.9 Å². The van der Waals surface area contributed by atoms with Gasteiger partial charge in [0.15, 0.2) is 5.78 Å². The molecular weight excluding hydrogens is 434 g/mol. The number of nitrogen functional groups attached to an aromatic ring is 1. The Hall–Kier alpha value is -4.01. The Balaban J connectivity index is 1.90. The van der Waals surface area contributed by atoms with Crippen molar-refractivity contribution in [2.75, 3.05) is 29.5 Å². The summed E-state index contributed by atoms with van der Waals surface area (Å²) >= 11 is 1.11. The summed E-state index contributed by atoms with van der Waals surface area (Å²) in [5.41, 5.74) is 8.78. The Morgan fingerprint density at radius 3 is 2.18 bits per heavy atom. The van der Waals surface area contributed by atoms with Gasteiger partial charge in [-0.05, 0) is 55.8 Å². The molecule has 0 radical (unpaired) electrons. The van der Waals surface area contributed by atoms with Crippen LogP contribution in [0.5, 0.6) is 5.75 Å². The summed E-state index contributed by atoms with van der Waals surface area (Å²) in [5.74, 6) is 0.00105. The number of hydrogen-bond donors (Lipinski definition) is 2. The van der Waals surface area contributed by atoms with Crippen molar-refractivity contribution in [2.24, 2.45) is 0 Å². The zero-order chi connectivity index (χ0) is 24.0. The maximum atomic E-state index is 12.8. The molecule has 0 spiro atoms. The van der Waals surface area contributed by atoms with Gasteiger partial charge in [0.25, 0.3) is 0 Å². The van der Waals surface area contributed by atoms with Crippen LogP contribution in [0.2, 0.25) is 0 Å². The lowest BCUT2D eigenvalue weighted by molar-refractivity contribution is 0.102. The van der Waals surface area contributed by atoms with Gasteiger partial charge < -0.3 is 15.7 Å². The second-order valence-corrected chi connectivity index (χ2v) is 8.09. The lowest BCUT2D eigenvalue weighted by atomic mass is 9.97. The molecule has 3 N–H and O–H groups in total. The van der Waals surface area contributed by atoms with Crippen LogP contribution < -0.4 is 10.6 Å². The van der Waals surface area contributed by atoms with E-state index < -0.39 is 0 Å². The minimum absolute atomic E-state index is 0.0156. The van der Waals surface area contributed by atoms with Gasteiger partial charge in [0.2, 0.25) is 0 Å². The number of carbonyl (C=O) groups excluding carboxylic acids is 1. The summed E-state index contributed by atoms with van der Waals surface area (Å²) in [6.45, 7) is 5.92. The highest BCUT2D eigenvalue weighted by Gasteiger charge is 2.21. The van der Waals surface area contributed by atoms with Gasteiger partial charge in [0.05, 0.1) is 11.3 Å². The third kappa shape index (κ3) is 5.08. The Kier molecular flexibility index (Phi) is 7.55. The molecule has 0 aliphatic heterocycles. The Labute approximate surface area is 197 Å². The highest BCUT2D eigenvalue weighted by Crippen LogP contribution is 2.36. The number of pyridine rings is 1. The van der Waals surface area contributed by atoms with Crippen molar-refractivity contribution in [3.63, 3.8) is 0 Å². The van der Waals surface area contributed by atoms with Crippen LogP contribution in [-0.2, 0) is 0 Å². The van der Waals surface area contributed by atoms with Crippen LogP contribution in [0, 0.1) is 22.7 Å². The number of rotatable bonds is 8. The van der Waals surface area contributed by atoms with E-state index in [9.17, 15) is 20.4 Å². The standard InChI is InChI=1S/C25H23N5O2S/c1-3-30(4-2)18-9-5-16(6-10-18)22(32)15-33-25-21(14-27)23(20(13-26)24(28)29-25)17-7-11-19(31)12-8-17/h5-12,31H,3-4,15H2,1-2H3,(H2,28,29). The fourth-order valence-electron chi connectivity index (χ4n) is 3.48. The molecule has 8 heteroatoms. The number of phenols is 1. The second-order valence-electron chi connectivity index (χ2n) is 7.13. The van der Waals surface area contributed by atoms with Crippen LogP contribution in [0.3, 0.4) is 0 Å². The summed E-state index contributed by atoms with van der Waals surface area (Å²) in [6.07, 6.45) is 0. The average molecular weight is 458 g/mol. The minimum atomic E-state index is -0.106. The number of phenolic OH excluding ortho intramolecular Hbond substituents is 1. The van der Waals surface area contributed by atoms with E-state index in [4.69, 9.17) is 5.73 Å². The quantitative estimate of drug-likeness (QED) is 0.371. The fourth-order valence-corrected chi connectivity index (χ4v) is 4.37. The zero-order valence-corrected chi connectivity index (χ0v) is 19.2. The van der Waals surface area contributed by atoms with Gasteiger partial charge >= 0.3 is 0 Å². The van der Waals surface area contributed by atoms with Crippen LogP contribution in [0.15, 0.2) is 53.6 Å². The molecule has 0 saturated carbocycles. The normalized spacial score (nSPS) is 10.3. The second kappa shape index (κ2) is 10.5. The molecule has 0 amide bonds. The van der Waals surface area contributed by atoms with Gasteiger partial charge in [0.1, 0.15) is 34.3 Å². The van der Waals surface area contributed by atoms with Crippen molar-refractivity contribution in [3.05, 3.63) is 65.2 Å². The van der Waals surface area contributed by atoms with Gasteiger partial charge in [-0.3, -0.25) is 4.79 Å². The molecule has 0 bridgehead atoms. The SMILES string of the molecule is CCN(CC)c1ccc(C(=O)CSc2nc(N)c(C#N)c(-c3ccc(O)cc3)c2C#N)cc1. The lowest BCUT2D eigenvalue weighted by Crippen LogP contribution is -2.21. The van der Waals surface area contributed by atoms with Crippen LogP contribution in [-0.4, -0.2) is 34.7 Å². The molecule has 0 fully saturated rings. The maximum Gasteiger partial charge on any atom is 0.173 e. The first-order chi connectivity index (χ1) is 15.9. The first kappa shape index (κ1) is 23.6. The van der Waals surface area contributed by atoms with Gasteiger partial charge in [-0.1, -0.05) is 23.9 Å². The zero-order valence-electron chi connectivity index (χ0n) is 18.4. The van der Waals surface area contributed by atoms with Crippen molar-refractivity contribution in [1.82, 2.24) is 4.98 Å². The Bertz CT molecular complexity index is 1240. The average Bonchev–Trinajstić information content (AvgIpc) is 2.83. The third-order valence-corrected chi connectivity index (χ3v) is 6.20. The summed E-state index contributed by atoms with van der Waals surface area (Å²) in [5, 5.41) is 29.3. The number of nitrogens with two attached hydrogens (primary N) is 1.